The van der Waals surface area contributed by atoms with E-state index in [0.717, 1.165) is 13.0 Å². The van der Waals surface area contributed by atoms with Crippen LogP contribution in [-0.2, 0) is 0 Å². The van der Waals surface area contributed by atoms with Crippen molar-refractivity contribution in [3.05, 3.63) is 0 Å². The van der Waals surface area contributed by atoms with E-state index in [1.165, 1.54) is 0 Å². The van der Waals surface area contributed by atoms with E-state index in [0.29, 0.717) is 12.3 Å². The van der Waals surface area contributed by atoms with Gasteiger partial charge in [-0.2, -0.15) is 0 Å². The zero-order valence-corrected chi connectivity index (χ0v) is 8.09. The van der Waals surface area contributed by atoms with Crippen LogP contribution in [0.1, 0.15) is 27.2 Å². The number of nitrogens with two attached hydrogens (primary N) is 1. The second-order valence-corrected chi connectivity index (χ2v) is 3.38. The molecule has 0 spiro atoms. The molecule has 0 aliphatic heterocycles. The van der Waals surface area contributed by atoms with Gasteiger partial charge in [-0.1, -0.05) is 5.16 Å². The molecule has 0 heterocycles. The van der Waals surface area contributed by atoms with E-state index in [2.05, 4.69) is 10.5 Å². The van der Waals surface area contributed by atoms with Crippen LogP contribution in [0, 0.1) is 0 Å². The molecular formula is C8H19N3O. The van der Waals surface area contributed by atoms with Crippen LogP contribution in [0.2, 0.25) is 0 Å². The van der Waals surface area contributed by atoms with Crippen LogP contribution in [0.5, 0.6) is 0 Å². The van der Waals surface area contributed by atoms with Crippen molar-refractivity contribution in [2.24, 2.45) is 10.9 Å². The second-order valence-electron chi connectivity index (χ2n) is 3.38. The molecule has 0 rings (SSSR count). The van der Waals surface area contributed by atoms with E-state index in [1.807, 2.05) is 13.8 Å². The van der Waals surface area contributed by atoms with E-state index in [-0.39, 0.29) is 5.54 Å². The molecule has 0 aromatic rings. The predicted molar refractivity (Wildman–Crippen MR) is 50.6 cm³/mol. The summed E-state index contributed by atoms with van der Waals surface area (Å²) in [5, 5.41) is 15.0. The molecule has 4 nitrogen and oxygen atoms in total. The van der Waals surface area contributed by atoms with Gasteiger partial charge in [0, 0.05) is 0 Å². The molecule has 0 radical (unpaired) electrons. The zero-order chi connectivity index (χ0) is 9.61. The topological polar surface area (TPSA) is 70.6 Å². The first-order chi connectivity index (χ1) is 5.54. The molecule has 0 aliphatic rings. The van der Waals surface area contributed by atoms with Crippen LogP contribution in [-0.4, -0.2) is 29.5 Å². The molecular weight excluding hydrogens is 154 g/mol. The van der Waals surface area contributed by atoms with E-state index < -0.39 is 0 Å². The second kappa shape index (κ2) is 5.11. The molecule has 4 N–H and O–H groups in total. The fraction of sp³-hybridized carbons (Fsp3) is 0.875. The minimum absolute atomic E-state index is 0.246. The van der Waals surface area contributed by atoms with Gasteiger partial charge in [0.2, 0.25) is 0 Å². The molecule has 0 aromatic heterocycles. The molecule has 72 valence electrons. The molecule has 0 saturated carbocycles. The summed E-state index contributed by atoms with van der Waals surface area (Å²) in [5.41, 5.74) is 5.78. The van der Waals surface area contributed by atoms with Crippen LogP contribution >= 0.6 is 0 Å². The number of nitrogens with one attached hydrogen (secondary N) is 1. The highest BCUT2D eigenvalue weighted by molar-refractivity contribution is 5.90. The highest BCUT2D eigenvalue weighted by Crippen LogP contribution is 2.04. The van der Waals surface area contributed by atoms with Gasteiger partial charge in [-0.3, -0.25) is 0 Å². The van der Waals surface area contributed by atoms with Crippen LogP contribution in [0.15, 0.2) is 5.16 Å². The molecule has 0 fully saturated rings. The van der Waals surface area contributed by atoms with E-state index in [9.17, 15) is 0 Å². The van der Waals surface area contributed by atoms with Gasteiger partial charge in [0.25, 0.3) is 0 Å². The van der Waals surface area contributed by atoms with Gasteiger partial charge in [-0.15, -0.1) is 0 Å². The van der Waals surface area contributed by atoms with Gasteiger partial charge in [-0.25, -0.2) is 0 Å². The Morgan fingerprint density at radius 3 is 2.58 bits per heavy atom. The monoisotopic (exact) mass is 173 g/mol. The molecule has 0 bridgehead atoms. The number of oxime groups is 1. The Balaban J connectivity index is 3.87. The molecule has 0 unspecified atom stereocenters. The van der Waals surface area contributed by atoms with Crippen molar-refractivity contribution < 1.29 is 5.21 Å². The number of rotatable bonds is 5. The van der Waals surface area contributed by atoms with Crippen LogP contribution < -0.4 is 11.1 Å². The maximum absolute atomic E-state index is 8.55. The van der Waals surface area contributed by atoms with Crippen molar-refractivity contribution in [3.63, 3.8) is 0 Å². The number of hydrogen-bond donors (Lipinski definition) is 3. The fourth-order valence-corrected chi connectivity index (χ4v) is 0.756. The third-order valence-corrected chi connectivity index (χ3v) is 2.00. The Bertz CT molecular complexity index is 154. The Morgan fingerprint density at radius 2 is 2.17 bits per heavy atom. The Labute approximate surface area is 73.8 Å². The summed E-state index contributed by atoms with van der Waals surface area (Å²) < 4.78 is 0. The SMILES string of the molecule is CC(=NO)C(C)(C)NCCCN. The molecule has 0 saturated heterocycles. The Kier molecular flexibility index (Phi) is 4.85. The van der Waals surface area contributed by atoms with Crippen molar-refractivity contribution in [3.8, 4) is 0 Å². The minimum Gasteiger partial charge on any atom is -0.411 e. The normalized spacial score (nSPS) is 13.5. The summed E-state index contributed by atoms with van der Waals surface area (Å²) in [6, 6.07) is 0. The number of hydrogen-bond acceptors (Lipinski definition) is 4. The summed E-state index contributed by atoms with van der Waals surface area (Å²) in [4.78, 5) is 0. The Morgan fingerprint density at radius 1 is 1.58 bits per heavy atom. The van der Waals surface area contributed by atoms with Crippen molar-refractivity contribution in [1.82, 2.24) is 5.32 Å². The minimum atomic E-state index is -0.246. The highest BCUT2D eigenvalue weighted by atomic mass is 16.4. The van der Waals surface area contributed by atoms with E-state index in [4.69, 9.17) is 10.9 Å². The van der Waals surface area contributed by atoms with Gasteiger partial charge < -0.3 is 16.3 Å². The third kappa shape index (κ3) is 3.69. The molecule has 0 aliphatic carbocycles. The van der Waals surface area contributed by atoms with Gasteiger partial charge in [-0.05, 0) is 40.3 Å². The van der Waals surface area contributed by atoms with Gasteiger partial charge in [0.15, 0.2) is 0 Å². The summed E-state index contributed by atoms with van der Waals surface area (Å²) in [7, 11) is 0. The standard InChI is InChI=1S/C8H19N3O/c1-7(11-12)8(2,3)10-6-4-5-9/h10,12H,4-6,9H2,1-3H3. The summed E-state index contributed by atoms with van der Waals surface area (Å²) in [5.74, 6) is 0. The van der Waals surface area contributed by atoms with Crippen molar-refractivity contribution in [1.29, 1.82) is 0 Å². The van der Waals surface area contributed by atoms with E-state index >= 15 is 0 Å². The lowest BCUT2D eigenvalue weighted by molar-refractivity contribution is 0.310. The van der Waals surface area contributed by atoms with Crippen molar-refractivity contribution >= 4 is 5.71 Å². The maximum atomic E-state index is 8.55. The summed E-state index contributed by atoms with van der Waals surface area (Å²) >= 11 is 0. The lowest BCUT2D eigenvalue weighted by atomic mass is 10.00. The van der Waals surface area contributed by atoms with Gasteiger partial charge >= 0.3 is 0 Å². The van der Waals surface area contributed by atoms with Gasteiger partial charge in [0.1, 0.15) is 0 Å². The fourth-order valence-electron chi connectivity index (χ4n) is 0.756. The number of nitrogens with zero attached hydrogens (tertiary/aromatic N) is 1. The lowest BCUT2D eigenvalue weighted by Gasteiger charge is -2.25. The van der Waals surface area contributed by atoms with Crippen molar-refractivity contribution in [2.45, 2.75) is 32.7 Å². The zero-order valence-electron chi connectivity index (χ0n) is 8.09. The average Bonchev–Trinajstić information content (AvgIpc) is 2.03. The summed E-state index contributed by atoms with van der Waals surface area (Å²) in [6.07, 6.45) is 0.933. The van der Waals surface area contributed by atoms with Crippen LogP contribution in [0.4, 0.5) is 0 Å². The largest absolute Gasteiger partial charge is 0.411 e. The van der Waals surface area contributed by atoms with Gasteiger partial charge in [0.05, 0.1) is 11.3 Å². The molecule has 0 aromatic carbocycles. The molecule has 0 amide bonds. The predicted octanol–water partition coefficient (Wildman–Crippen LogP) is 0.554. The van der Waals surface area contributed by atoms with Crippen molar-refractivity contribution in [2.75, 3.05) is 13.1 Å². The van der Waals surface area contributed by atoms with Crippen LogP contribution in [0.25, 0.3) is 0 Å². The maximum Gasteiger partial charge on any atom is 0.0734 e. The first kappa shape index (κ1) is 11.4. The van der Waals surface area contributed by atoms with Crippen LogP contribution in [0.3, 0.4) is 0 Å². The average molecular weight is 173 g/mol. The Hall–Kier alpha value is -0.610. The molecule has 12 heavy (non-hydrogen) atoms. The van der Waals surface area contributed by atoms with E-state index in [1.54, 1.807) is 6.92 Å². The highest BCUT2D eigenvalue weighted by Gasteiger charge is 2.20. The smallest absolute Gasteiger partial charge is 0.0734 e. The quantitative estimate of drug-likeness (QED) is 0.246. The molecule has 4 heteroatoms. The first-order valence-corrected chi connectivity index (χ1v) is 4.19. The lowest BCUT2D eigenvalue weighted by Crippen LogP contribution is -2.46. The summed E-state index contributed by atoms with van der Waals surface area (Å²) in [6.45, 7) is 7.25. The molecule has 0 atom stereocenters. The third-order valence-electron chi connectivity index (χ3n) is 2.00. The first-order valence-electron chi connectivity index (χ1n) is 4.19.